The molecular formula is C32H28FNO4. The maximum absolute atomic E-state index is 13.8. The minimum Gasteiger partial charge on any atom is -0.508 e. The van der Waals surface area contributed by atoms with Crippen molar-refractivity contribution < 1.29 is 24.5 Å². The second-order valence-corrected chi connectivity index (χ2v) is 10.4. The van der Waals surface area contributed by atoms with Crippen molar-refractivity contribution in [3.8, 4) is 22.6 Å². The van der Waals surface area contributed by atoms with Crippen LogP contribution in [0.25, 0.3) is 11.1 Å². The van der Waals surface area contributed by atoms with Gasteiger partial charge < -0.3 is 20.2 Å². The summed E-state index contributed by atoms with van der Waals surface area (Å²) in [6, 6.07) is 27.2. The van der Waals surface area contributed by atoms with Crippen molar-refractivity contribution in [3.05, 3.63) is 114 Å². The summed E-state index contributed by atoms with van der Waals surface area (Å²) in [6.45, 7) is 0. The highest BCUT2D eigenvalue weighted by Crippen LogP contribution is 2.62. The lowest BCUT2D eigenvalue weighted by Crippen LogP contribution is -2.65. The molecule has 1 aliphatic heterocycles. The molecule has 0 unspecified atom stereocenters. The van der Waals surface area contributed by atoms with Gasteiger partial charge in [-0.1, -0.05) is 54.6 Å². The number of carbonyl (C=O) groups excluding carboxylic acids is 1. The predicted octanol–water partition coefficient (Wildman–Crippen LogP) is 6.44. The molecule has 4 aromatic rings. The van der Waals surface area contributed by atoms with Gasteiger partial charge in [0.1, 0.15) is 17.3 Å². The number of halogens is 1. The maximum atomic E-state index is 13.8. The van der Waals surface area contributed by atoms with Crippen LogP contribution in [0.15, 0.2) is 97.1 Å². The second-order valence-electron chi connectivity index (χ2n) is 10.4. The molecule has 1 saturated heterocycles. The van der Waals surface area contributed by atoms with Gasteiger partial charge in [-0.25, -0.2) is 4.39 Å². The summed E-state index contributed by atoms with van der Waals surface area (Å²) in [7, 11) is 0. The van der Waals surface area contributed by atoms with Gasteiger partial charge in [-0.3, -0.25) is 4.79 Å². The van der Waals surface area contributed by atoms with Gasteiger partial charge in [-0.15, -0.1) is 0 Å². The molecule has 2 aliphatic rings. The number of para-hydroxylation sites is 1. The van der Waals surface area contributed by atoms with Crippen molar-refractivity contribution >= 4 is 11.6 Å². The number of amides is 1. The number of hydrogen-bond donors (Lipinski definition) is 3. The molecule has 2 fully saturated rings. The molecule has 1 amide bonds. The molecule has 0 aromatic heterocycles. The zero-order chi connectivity index (χ0) is 26.5. The zero-order valence-electron chi connectivity index (χ0n) is 20.7. The Kier molecular flexibility index (Phi) is 5.73. The molecule has 192 valence electrons. The summed E-state index contributed by atoms with van der Waals surface area (Å²) < 4.78 is 13.5. The van der Waals surface area contributed by atoms with Crippen LogP contribution < -0.4 is 4.90 Å². The molecule has 5 nitrogen and oxygen atoms in total. The van der Waals surface area contributed by atoms with E-state index >= 15 is 0 Å². The molecule has 4 aromatic carbocycles. The fourth-order valence-corrected chi connectivity index (χ4v) is 6.23. The molecule has 38 heavy (non-hydrogen) atoms. The van der Waals surface area contributed by atoms with Crippen LogP contribution in [0.1, 0.15) is 42.9 Å². The number of benzene rings is 4. The number of aromatic hydroxyl groups is 2. The quantitative estimate of drug-likeness (QED) is 0.277. The van der Waals surface area contributed by atoms with Crippen LogP contribution in [0.3, 0.4) is 0 Å². The smallest absolute Gasteiger partial charge is 0.236 e. The Morgan fingerprint density at radius 1 is 0.763 bits per heavy atom. The lowest BCUT2D eigenvalue weighted by Gasteiger charge is -2.59. The van der Waals surface area contributed by atoms with E-state index in [9.17, 15) is 24.5 Å². The number of nitrogens with zero attached hydrogens (tertiary/aromatic N) is 1. The first-order valence-corrected chi connectivity index (χ1v) is 12.8. The SMILES string of the molecule is O=C1N(c2ccccc2)[C@H](c2ccc(-c3cccc(O)c3)cc2O)C12CCC(O)(c1ccc(F)cc1)CC2. The number of phenols is 2. The first kappa shape index (κ1) is 24.2. The summed E-state index contributed by atoms with van der Waals surface area (Å²) in [4.78, 5) is 15.6. The minimum atomic E-state index is -1.14. The average Bonchev–Trinajstić information content (AvgIpc) is 2.93. The van der Waals surface area contributed by atoms with Crippen LogP contribution in [0.4, 0.5) is 10.1 Å². The number of hydrogen-bond acceptors (Lipinski definition) is 4. The van der Waals surface area contributed by atoms with Crippen molar-refractivity contribution in [2.24, 2.45) is 5.41 Å². The standard InChI is InChI=1S/C32H28FNO4/c33-24-12-10-23(11-13-24)32(38)17-15-31(16-18-32)29(34(30(31)37)25-6-2-1-3-7-25)27-14-9-22(20-28(27)36)21-5-4-8-26(35)19-21/h1-14,19-20,29,35-36,38H,15-18H2/t29-,31?,32?/m1/s1. The average molecular weight is 510 g/mol. The van der Waals surface area contributed by atoms with E-state index < -0.39 is 17.1 Å². The van der Waals surface area contributed by atoms with Crippen molar-refractivity contribution in [1.29, 1.82) is 0 Å². The van der Waals surface area contributed by atoms with Gasteiger partial charge in [0.15, 0.2) is 0 Å². The molecule has 1 heterocycles. The highest BCUT2D eigenvalue weighted by molar-refractivity contribution is 6.06. The van der Waals surface area contributed by atoms with Crippen molar-refractivity contribution in [3.63, 3.8) is 0 Å². The predicted molar refractivity (Wildman–Crippen MR) is 143 cm³/mol. The molecule has 1 saturated carbocycles. The molecular weight excluding hydrogens is 481 g/mol. The Balaban J connectivity index is 1.37. The van der Waals surface area contributed by atoms with Gasteiger partial charge in [0.05, 0.1) is 17.1 Å². The van der Waals surface area contributed by atoms with E-state index in [1.807, 2.05) is 48.5 Å². The van der Waals surface area contributed by atoms with Crippen LogP contribution in [0.5, 0.6) is 11.5 Å². The molecule has 3 N–H and O–H groups in total. The summed E-state index contributed by atoms with van der Waals surface area (Å²) in [6.07, 6.45) is 1.57. The van der Waals surface area contributed by atoms with Crippen LogP contribution in [0, 0.1) is 11.2 Å². The van der Waals surface area contributed by atoms with E-state index in [4.69, 9.17) is 0 Å². The van der Waals surface area contributed by atoms with E-state index in [2.05, 4.69) is 0 Å². The molecule has 1 aliphatic carbocycles. The van der Waals surface area contributed by atoms with Crippen molar-refractivity contribution in [1.82, 2.24) is 0 Å². The summed E-state index contributed by atoms with van der Waals surface area (Å²) >= 11 is 0. The third-order valence-electron chi connectivity index (χ3n) is 8.32. The molecule has 0 bridgehead atoms. The van der Waals surface area contributed by atoms with Gasteiger partial charge in [0.25, 0.3) is 0 Å². The number of β-lactam (4-membered cyclic amide) rings is 1. The molecule has 0 radical (unpaired) electrons. The Hall–Kier alpha value is -4.16. The fraction of sp³-hybridized carbons (Fsp3) is 0.219. The van der Waals surface area contributed by atoms with E-state index in [1.165, 1.54) is 12.1 Å². The van der Waals surface area contributed by atoms with E-state index in [0.717, 1.165) is 16.8 Å². The number of rotatable bonds is 4. The molecule has 1 spiro atoms. The summed E-state index contributed by atoms with van der Waals surface area (Å²) in [5, 5.41) is 32.6. The van der Waals surface area contributed by atoms with Gasteiger partial charge in [0, 0.05) is 11.3 Å². The Morgan fingerprint density at radius 2 is 1.45 bits per heavy atom. The number of carbonyl (C=O) groups is 1. The third-order valence-corrected chi connectivity index (χ3v) is 8.32. The second kappa shape index (κ2) is 8.99. The van der Waals surface area contributed by atoms with Crippen LogP contribution in [0.2, 0.25) is 0 Å². The summed E-state index contributed by atoms with van der Waals surface area (Å²) in [5.74, 6) is -0.169. The van der Waals surface area contributed by atoms with Crippen LogP contribution >= 0.6 is 0 Å². The van der Waals surface area contributed by atoms with Crippen LogP contribution in [-0.2, 0) is 10.4 Å². The van der Waals surface area contributed by atoms with Crippen LogP contribution in [-0.4, -0.2) is 21.2 Å². The first-order chi connectivity index (χ1) is 18.3. The normalized spacial score (nSPS) is 24.8. The van der Waals surface area contributed by atoms with E-state index in [0.29, 0.717) is 36.8 Å². The Morgan fingerprint density at radius 3 is 2.11 bits per heavy atom. The Labute approximate surface area is 220 Å². The van der Waals surface area contributed by atoms with Crippen molar-refractivity contribution in [2.75, 3.05) is 4.90 Å². The molecule has 6 rings (SSSR count). The van der Waals surface area contributed by atoms with Gasteiger partial charge in [-0.05, 0) is 84.8 Å². The largest absolute Gasteiger partial charge is 0.508 e. The topological polar surface area (TPSA) is 81.0 Å². The monoisotopic (exact) mass is 509 g/mol. The molecule has 6 heteroatoms. The fourth-order valence-electron chi connectivity index (χ4n) is 6.23. The van der Waals surface area contributed by atoms with E-state index in [-0.39, 0.29) is 23.2 Å². The lowest BCUT2D eigenvalue weighted by molar-refractivity contribution is -0.149. The zero-order valence-corrected chi connectivity index (χ0v) is 20.7. The molecule has 1 atom stereocenters. The van der Waals surface area contributed by atoms with Gasteiger partial charge >= 0.3 is 0 Å². The van der Waals surface area contributed by atoms with E-state index in [1.54, 1.807) is 41.3 Å². The Bertz CT molecular complexity index is 1490. The number of aliphatic hydroxyl groups is 1. The first-order valence-electron chi connectivity index (χ1n) is 12.8. The summed E-state index contributed by atoms with van der Waals surface area (Å²) in [5.41, 5.74) is 1.66. The van der Waals surface area contributed by atoms with Gasteiger partial charge in [-0.2, -0.15) is 0 Å². The maximum Gasteiger partial charge on any atom is 0.236 e. The highest BCUT2D eigenvalue weighted by atomic mass is 19.1. The third kappa shape index (κ3) is 3.84. The minimum absolute atomic E-state index is 0.0219. The van der Waals surface area contributed by atoms with Gasteiger partial charge in [0.2, 0.25) is 5.91 Å². The number of anilines is 1. The number of phenolic OH excluding ortho intramolecular Hbond substituents is 2. The highest BCUT2D eigenvalue weighted by Gasteiger charge is 2.64. The van der Waals surface area contributed by atoms with Crippen molar-refractivity contribution in [2.45, 2.75) is 37.3 Å². The lowest BCUT2D eigenvalue weighted by atomic mass is 9.56.